The van der Waals surface area contributed by atoms with Crippen molar-refractivity contribution >= 4 is 5.82 Å². The smallest absolute Gasteiger partial charge is 0.125 e. The summed E-state index contributed by atoms with van der Waals surface area (Å²) in [4.78, 5) is 0. The maximum atomic E-state index is 6.28. The molecule has 0 radical (unpaired) electrons. The van der Waals surface area contributed by atoms with Crippen LogP contribution in [0.15, 0.2) is 0 Å². The van der Waals surface area contributed by atoms with Gasteiger partial charge < -0.3 is 11.1 Å². The van der Waals surface area contributed by atoms with Crippen molar-refractivity contribution in [2.24, 2.45) is 0 Å². The highest BCUT2D eigenvalue weighted by atomic mass is 15.3. The van der Waals surface area contributed by atoms with Crippen LogP contribution in [0, 0.1) is 0 Å². The van der Waals surface area contributed by atoms with Crippen molar-refractivity contribution in [1.29, 1.82) is 0 Å². The third-order valence-corrected chi connectivity index (χ3v) is 4.15. The summed E-state index contributed by atoms with van der Waals surface area (Å²) in [5, 5.41) is 8.11. The van der Waals surface area contributed by atoms with E-state index in [-0.39, 0.29) is 0 Å². The zero-order chi connectivity index (χ0) is 11.7. The van der Waals surface area contributed by atoms with E-state index in [1.165, 1.54) is 49.8 Å². The van der Waals surface area contributed by atoms with Crippen molar-refractivity contribution in [3.63, 3.8) is 0 Å². The summed E-state index contributed by atoms with van der Waals surface area (Å²) in [5.74, 6) is 0.938. The zero-order valence-electron chi connectivity index (χ0n) is 10.4. The summed E-state index contributed by atoms with van der Waals surface area (Å²) >= 11 is 0. The van der Waals surface area contributed by atoms with Crippen molar-refractivity contribution in [2.75, 3.05) is 12.3 Å². The highest BCUT2D eigenvalue weighted by Gasteiger charge is 2.23. The number of hydrogen-bond donors (Lipinski definition) is 2. The highest BCUT2D eigenvalue weighted by Crippen LogP contribution is 2.31. The molecule has 1 aromatic rings. The van der Waals surface area contributed by atoms with Crippen LogP contribution in [0.25, 0.3) is 0 Å². The number of nitrogens with two attached hydrogens (primary N) is 1. The Bertz CT molecular complexity index is 388. The van der Waals surface area contributed by atoms with Gasteiger partial charge in [0.25, 0.3) is 0 Å². The predicted molar refractivity (Wildman–Crippen MR) is 68.8 cm³/mol. The second-order valence-electron chi connectivity index (χ2n) is 5.33. The fourth-order valence-corrected chi connectivity index (χ4v) is 3.15. The van der Waals surface area contributed by atoms with Crippen LogP contribution in [0.3, 0.4) is 0 Å². The number of hydrogen-bond acceptors (Lipinski definition) is 3. The Hall–Kier alpha value is -1.03. The minimum atomic E-state index is 0.545. The Kier molecular flexibility index (Phi) is 3.05. The van der Waals surface area contributed by atoms with E-state index < -0.39 is 0 Å². The van der Waals surface area contributed by atoms with Crippen LogP contribution in [-0.4, -0.2) is 16.3 Å². The Morgan fingerprint density at radius 2 is 1.94 bits per heavy atom. The van der Waals surface area contributed by atoms with E-state index >= 15 is 0 Å². The van der Waals surface area contributed by atoms with Crippen LogP contribution in [-0.2, 0) is 13.0 Å². The van der Waals surface area contributed by atoms with E-state index in [1.54, 1.807) is 0 Å². The average Bonchev–Trinajstić information content (AvgIpc) is 2.57. The lowest BCUT2D eigenvalue weighted by atomic mass is 10.1. The minimum Gasteiger partial charge on any atom is -0.384 e. The van der Waals surface area contributed by atoms with Crippen molar-refractivity contribution in [3.05, 3.63) is 11.3 Å². The molecule has 0 saturated heterocycles. The lowest BCUT2D eigenvalue weighted by molar-refractivity contribution is 0.407. The van der Waals surface area contributed by atoms with E-state index in [1.807, 2.05) is 0 Å². The zero-order valence-corrected chi connectivity index (χ0v) is 10.4. The number of rotatable bonds is 1. The Labute approximate surface area is 103 Å². The molecule has 2 aliphatic rings. The van der Waals surface area contributed by atoms with E-state index in [2.05, 4.69) is 10.00 Å². The summed E-state index contributed by atoms with van der Waals surface area (Å²) < 4.78 is 2.13. The molecule has 1 fully saturated rings. The van der Waals surface area contributed by atoms with Gasteiger partial charge in [-0.25, -0.2) is 4.68 Å². The summed E-state index contributed by atoms with van der Waals surface area (Å²) in [6.45, 7) is 1.92. The van der Waals surface area contributed by atoms with Gasteiger partial charge in [0.2, 0.25) is 0 Å². The second kappa shape index (κ2) is 4.69. The number of nitrogen functional groups attached to an aromatic ring is 1. The van der Waals surface area contributed by atoms with E-state index in [0.29, 0.717) is 6.04 Å². The molecule has 1 aromatic heterocycles. The van der Waals surface area contributed by atoms with Crippen molar-refractivity contribution in [2.45, 2.75) is 57.5 Å². The molecule has 0 aromatic carbocycles. The number of anilines is 1. The fourth-order valence-electron chi connectivity index (χ4n) is 3.15. The van der Waals surface area contributed by atoms with Gasteiger partial charge in [-0.05, 0) is 25.8 Å². The molecule has 0 amide bonds. The Morgan fingerprint density at radius 1 is 1.18 bits per heavy atom. The average molecular weight is 234 g/mol. The molecular weight excluding hydrogens is 212 g/mol. The molecule has 0 spiro atoms. The Balaban J connectivity index is 1.88. The molecule has 0 unspecified atom stereocenters. The first kappa shape index (κ1) is 11.1. The predicted octanol–water partition coefficient (Wildman–Crippen LogP) is 2.01. The van der Waals surface area contributed by atoms with E-state index in [4.69, 9.17) is 10.8 Å². The normalized spacial score (nSPS) is 22.1. The summed E-state index contributed by atoms with van der Waals surface area (Å²) in [7, 11) is 0. The lowest BCUT2D eigenvalue weighted by Crippen LogP contribution is -2.23. The van der Waals surface area contributed by atoms with E-state index in [9.17, 15) is 0 Å². The topological polar surface area (TPSA) is 55.9 Å². The van der Waals surface area contributed by atoms with Crippen LogP contribution in [0.2, 0.25) is 0 Å². The maximum Gasteiger partial charge on any atom is 0.125 e. The van der Waals surface area contributed by atoms with Crippen molar-refractivity contribution in [1.82, 2.24) is 15.1 Å². The molecule has 4 nitrogen and oxygen atoms in total. The Morgan fingerprint density at radius 3 is 2.65 bits per heavy atom. The number of nitrogens with one attached hydrogen (secondary N) is 1. The third kappa shape index (κ3) is 2.06. The molecule has 0 atom stereocenters. The first-order valence-corrected chi connectivity index (χ1v) is 6.92. The van der Waals surface area contributed by atoms with Crippen molar-refractivity contribution in [3.8, 4) is 0 Å². The standard InChI is InChI=1S/C13H22N4/c14-13-11-7-8-15-9-12(11)16-17(13)10-5-3-1-2-4-6-10/h10,15H,1-9,14H2. The van der Waals surface area contributed by atoms with Gasteiger partial charge in [0, 0.05) is 12.1 Å². The molecule has 2 heterocycles. The molecule has 0 bridgehead atoms. The first-order chi connectivity index (χ1) is 8.36. The van der Waals surface area contributed by atoms with Gasteiger partial charge in [0.15, 0.2) is 0 Å². The number of nitrogens with zero attached hydrogens (tertiary/aromatic N) is 2. The summed E-state index contributed by atoms with van der Waals surface area (Å²) in [6.07, 6.45) is 8.93. The highest BCUT2D eigenvalue weighted by molar-refractivity contribution is 5.45. The van der Waals surface area contributed by atoms with Crippen molar-refractivity contribution < 1.29 is 0 Å². The molecule has 3 rings (SSSR count). The van der Waals surface area contributed by atoms with Crippen LogP contribution >= 0.6 is 0 Å². The molecule has 1 saturated carbocycles. The lowest BCUT2D eigenvalue weighted by Gasteiger charge is -2.16. The monoisotopic (exact) mass is 234 g/mol. The summed E-state index contributed by atoms with van der Waals surface area (Å²) in [5.41, 5.74) is 8.76. The quantitative estimate of drug-likeness (QED) is 0.731. The van der Waals surface area contributed by atoms with Crippen LogP contribution in [0.1, 0.15) is 55.8 Å². The van der Waals surface area contributed by atoms with Crippen LogP contribution in [0.4, 0.5) is 5.82 Å². The first-order valence-electron chi connectivity index (χ1n) is 6.92. The van der Waals surface area contributed by atoms with Gasteiger partial charge >= 0.3 is 0 Å². The fraction of sp³-hybridized carbons (Fsp3) is 0.769. The van der Waals surface area contributed by atoms with E-state index in [0.717, 1.165) is 25.3 Å². The van der Waals surface area contributed by atoms with Crippen LogP contribution in [0.5, 0.6) is 0 Å². The number of aromatic nitrogens is 2. The van der Waals surface area contributed by atoms with Gasteiger partial charge in [-0.1, -0.05) is 25.7 Å². The molecule has 1 aliphatic carbocycles. The molecule has 4 heteroatoms. The molecule has 3 N–H and O–H groups in total. The van der Waals surface area contributed by atoms with Gasteiger partial charge in [-0.3, -0.25) is 0 Å². The summed E-state index contributed by atoms with van der Waals surface area (Å²) in [6, 6.07) is 0.545. The van der Waals surface area contributed by atoms with Gasteiger partial charge in [0.05, 0.1) is 11.7 Å². The molecule has 1 aliphatic heterocycles. The molecule has 94 valence electrons. The number of fused-ring (bicyclic) bond motifs is 1. The largest absolute Gasteiger partial charge is 0.384 e. The SMILES string of the molecule is Nc1c2c(nn1C1CCCCCC1)CNCC2. The third-order valence-electron chi connectivity index (χ3n) is 4.15. The minimum absolute atomic E-state index is 0.545. The maximum absolute atomic E-state index is 6.28. The van der Waals surface area contributed by atoms with Crippen LogP contribution < -0.4 is 11.1 Å². The van der Waals surface area contributed by atoms with Gasteiger partial charge in [0.1, 0.15) is 5.82 Å². The second-order valence-corrected chi connectivity index (χ2v) is 5.33. The van der Waals surface area contributed by atoms with Gasteiger partial charge in [-0.15, -0.1) is 0 Å². The molecule has 17 heavy (non-hydrogen) atoms. The molecular formula is C13H22N4. The van der Waals surface area contributed by atoms with Gasteiger partial charge in [-0.2, -0.15) is 5.10 Å².